The molecule has 0 saturated carbocycles. The molecule has 2 heteroatoms. The Balaban J connectivity index is 3.84. The summed E-state index contributed by atoms with van der Waals surface area (Å²) in [5.74, 6) is 0.697. The summed E-state index contributed by atoms with van der Waals surface area (Å²) >= 11 is 3.58. The number of halogens is 1. The molecule has 0 aromatic heterocycles. The zero-order chi connectivity index (χ0) is 10.5. The summed E-state index contributed by atoms with van der Waals surface area (Å²) in [5, 5.41) is 1.05. The average Bonchev–Trinajstić information content (AvgIpc) is 2.03. The fourth-order valence-electron chi connectivity index (χ4n) is 1.04. The van der Waals surface area contributed by atoms with Crippen LogP contribution in [-0.2, 0) is 4.74 Å². The van der Waals surface area contributed by atoms with Crippen molar-refractivity contribution >= 4 is 15.9 Å². The van der Waals surface area contributed by atoms with E-state index in [0.29, 0.717) is 17.4 Å². The Morgan fingerprint density at radius 2 is 1.77 bits per heavy atom. The van der Waals surface area contributed by atoms with Crippen molar-refractivity contribution < 1.29 is 4.74 Å². The molecule has 0 aliphatic carbocycles. The molecule has 0 aliphatic heterocycles. The van der Waals surface area contributed by atoms with Crippen LogP contribution in [0.2, 0.25) is 0 Å². The molecule has 0 rings (SSSR count). The van der Waals surface area contributed by atoms with Crippen LogP contribution in [-0.4, -0.2) is 18.0 Å². The first-order chi connectivity index (χ1) is 5.92. The summed E-state index contributed by atoms with van der Waals surface area (Å²) in [5.41, 5.74) is 0.370. The van der Waals surface area contributed by atoms with Crippen LogP contribution in [0.5, 0.6) is 0 Å². The highest BCUT2D eigenvalue weighted by atomic mass is 79.9. The smallest absolute Gasteiger partial charge is 0.0518 e. The molecule has 0 spiro atoms. The molecule has 0 aromatic carbocycles. The number of hydrogen-bond acceptors (Lipinski definition) is 1. The first-order valence-corrected chi connectivity index (χ1v) is 6.22. The lowest BCUT2D eigenvalue weighted by atomic mass is 9.78. The molecule has 0 fully saturated rings. The van der Waals surface area contributed by atoms with Gasteiger partial charge in [-0.25, -0.2) is 0 Å². The third-order valence-electron chi connectivity index (χ3n) is 2.82. The van der Waals surface area contributed by atoms with Crippen molar-refractivity contribution in [1.82, 2.24) is 0 Å². The zero-order valence-corrected chi connectivity index (χ0v) is 11.1. The zero-order valence-electron chi connectivity index (χ0n) is 9.56. The predicted molar refractivity (Wildman–Crippen MR) is 62.4 cm³/mol. The average molecular weight is 251 g/mol. The van der Waals surface area contributed by atoms with Crippen molar-refractivity contribution in [1.29, 1.82) is 0 Å². The second-order valence-electron chi connectivity index (χ2n) is 4.61. The molecule has 0 saturated heterocycles. The van der Waals surface area contributed by atoms with E-state index in [1.54, 1.807) is 0 Å². The Hall–Kier alpha value is 0.440. The van der Waals surface area contributed by atoms with Crippen molar-refractivity contribution in [3.05, 3.63) is 0 Å². The summed E-state index contributed by atoms with van der Waals surface area (Å²) < 4.78 is 5.57. The van der Waals surface area contributed by atoms with Gasteiger partial charge in [0.25, 0.3) is 0 Å². The highest BCUT2D eigenvalue weighted by Crippen LogP contribution is 2.32. The van der Waals surface area contributed by atoms with Crippen LogP contribution >= 0.6 is 15.9 Å². The van der Waals surface area contributed by atoms with Crippen LogP contribution in [0.3, 0.4) is 0 Å². The van der Waals surface area contributed by atoms with E-state index in [4.69, 9.17) is 4.74 Å². The Morgan fingerprint density at radius 1 is 1.23 bits per heavy atom. The summed E-state index contributed by atoms with van der Waals surface area (Å²) in [6.45, 7) is 11.9. The third kappa shape index (κ3) is 5.02. The Morgan fingerprint density at radius 3 is 2.08 bits per heavy atom. The van der Waals surface area contributed by atoms with Crippen molar-refractivity contribution in [2.75, 3.05) is 11.9 Å². The van der Waals surface area contributed by atoms with Gasteiger partial charge in [-0.1, -0.05) is 36.7 Å². The Kier molecular flexibility index (Phi) is 6.23. The Labute approximate surface area is 91.4 Å². The minimum absolute atomic E-state index is 0.353. The summed E-state index contributed by atoms with van der Waals surface area (Å²) in [6.07, 6.45) is 1.49. The van der Waals surface area contributed by atoms with E-state index in [2.05, 4.69) is 50.5 Å². The van der Waals surface area contributed by atoms with Crippen LogP contribution < -0.4 is 0 Å². The lowest BCUT2D eigenvalue weighted by Crippen LogP contribution is -2.27. The Bertz CT molecular complexity index is 134. The summed E-state index contributed by atoms with van der Waals surface area (Å²) in [7, 11) is 0. The second-order valence-corrected chi connectivity index (χ2v) is 5.17. The molecule has 0 bridgehead atoms. The molecule has 1 unspecified atom stereocenters. The number of rotatable bonds is 6. The third-order valence-corrected chi connectivity index (χ3v) is 4.10. The molecule has 0 N–H and O–H groups in total. The van der Waals surface area contributed by atoms with Gasteiger partial charge in [-0.05, 0) is 31.6 Å². The fraction of sp³-hybridized carbons (Fsp3) is 1.00. The van der Waals surface area contributed by atoms with Crippen LogP contribution in [0.15, 0.2) is 0 Å². The minimum atomic E-state index is 0.353. The standard InChI is InChI=1S/C11H23BrO/c1-9(2)11(5,8-12)6-7-13-10(3)4/h9-10H,6-8H2,1-5H3. The van der Waals surface area contributed by atoms with Crippen LogP contribution in [0, 0.1) is 11.3 Å². The molecule has 0 heterocycles. The van der Waals surface area contributed by atoms with E-state index in [0.717, 1.165) is 18.4 Å². The molecule has 1 atom stereocenters. The normalized spacial score (nSPS) is 16.6. The molecular formula is C11H23BrO. The van der Waals surface area contributed by atoms with E-state index >= 15 is 0 Å². The first-order valence-electron chi connectivity index (χ1n) is 5.10. The van der Waals surface area contributed by atoms with E-state index in [9.17, 15) is 0 Å². The van der Waals surface area contributed by atoms with Crippen LogP contribution in [0.4, 0.5) is 0 Å². The fourth-order valence-corrected chi connectivity index (χ4v) is 1.97. The van der Waals surface area contributed by atoms with Crippen molar-refractivity contribution in [2.45, 2.75) is 47.1 Å². The van der Waals surface area contributed by atoms with E-state index < -0.39 is 0 Å². The number of alkyl halides is 1. The van der Waals surface area contributed by atoms with Gasteiger partial charge in [-0.15, -0.1) is 0 Å². The molecular weight excluding hydrogens is 228 g/mol. The summed E-state index contributed by atoms with van der Waals surface area (Å²) in [4.78, 5) is 0. The quantitative estimate of drug-likeness (QED) is 0.651. The van der Waals surface area contributed by atoms with Gasteiger partial charge >= 0.3 is 0 Å². The largest absolute Gasteiger partial charge is 0.379 e. The maximum absolute atomic E-state index is 5.57. The highest BCUT2D eigenvalue weighted by molar-refractivity contribution is 9.09. The van der Waals surface area contributed by atoms with Gasteiger partial charge in [-0.3, -0.25) is 0 Å². The van der Waals surface area contributed by atoms with Gasteiger partial charge in [0, 0.05) is 11.9 Å². The lowest BCUT2D eigenvalue weighted by Gasteiger charge is -2.32. The highest BCUT2D eigenvalue weighted by Gasteiger charge is 2.26. The SMILES string of the molecule is CC(C)OCCC(C)(CBr)C(C)C. The molecule has 1 nitrogen and oxygen atoms in total. The minimum Gasteiger partial charge on any atom is -0.379 e. The molecule has 0 aromatic rings. The van der Waals surface area contributed by atoms with Gasteiger partial charge in [0.1, 0.15) is 0 Å². The maximum atomic E-state index is 5.57. The van der Waals surface area contributed by atoms with Crippen LogP contribution in [0.25, 0.3) is 0 Å². The molecule has 0 radical (unpaired) electrons. The summed E-state index contributed by atoms with van der Waals surface area (Å²) in [6, 6.07) is 0. The first kappa shape index (κ1) is 13.4. The maximum Gasteiger partial charge on any atom is 0.0518 e. The van der Waals surface area contributed by atoms with Crippen molar-refractivity contribution in [2.24, 2.45) is 11.3 Å². The predicted octanol–water partition coefficient (Wildman–Crippen LogP) is 3.86. The molecule has 80 valence electrons. The molecule has 0 aliphatic rings. The van der Waals surface area contributed by atoms with Crippen molar-refractivity contribution in [3.8, 4) is 0 Å². The number of ether oxygens (including phenoxy) is 1. The van der Waals surface area contributed by atoms with Gasteiger partial charge < -0.3 is 4.74 Å². The van der Waals surface area contributed by atoms with Crippen molar-refractivity contribution in [3.63, 3.8) is 0 Å². The van der Waals surface area contributed by atoms with Gasteiger partial charge in [-0.2, -0.15) is 0 Å². The van der Waals surface area contributed by atoms with Gasteiger partial charge in [0.05, 0.1) is 6.10 Å². The topological polar surface area (TPSA) is 9.23 Å². The van der Waals surface area contributed by atoms with Gasteiger partial charge in [0.2, 0.25) is 0 Å². The second kappa shape index (κ2) is 6.02. The lowest BCUT2D eigenvalue weighted by molar-refractivity contribution is 0.0493. The number of hydrogen-bond donors (Lipinski definition) is 0. The van der Waals surface area contributed by atoms with Gasteiger partial charge in [0.15, 0.2) is 0 Å². The van der Waals surface area contributed by atoms with Crippen LogP contribution in [0.1, 0.15) is 41.0 Å². The van der Waals surface area contributed by atoms with E-state index in [1.807, 2.05) is 0 Å². The monoisotopic (exact) mass is 250 g/mol. The van der Waals surface area contributed by atoms with E-state index in [1.165, 1.54) is 0 Å². The van der Waals surface area contributed by atoms with E-state index in [-0.39, 0.29) is 0 Å². The molecule has 0 amide bonds. The molecule has 13 heavy (non-hydrogen) atoms.